The number of H-pyrrole nitrogens is 1. The van der Waals surface area contributed by atoms with Gasteiger partial charge in [-0.25, -0.2) is 29.1 Å². The summed E-state index contributed by atoms with van der Waals surface area (Å²) in [5.41, 5.74) is 2.57. The van der Waals surface area contributed by atoms with Crippen LogP contribution in [0.15, 0.2) is 42.5 Å². The molecule has 8 rings (SSSR count). The van der Waals surface area contributed by atoms with Crippen LogP contribution in [0.25, 0.3) is 22.3 Å². The Kier molecular flexibility index (Phi) is 15.4. The number of alkyl carbamates (subject to hydrolysis) is 2. The highest BCUT2D eigenvalue weighted by Gasteiger charge is 2.37. The van der Waals surface area contributed by atoms with Crippen molar-refractivity contribution in [1.82, 2.24) is 58.4 Å². The zero-order chi connectivity index (χ0) is 54.4. The summed E-state index contributed by atoms with van der Waals surface area (Å²) in [5, 5.41) is 6.20. The van der Waals surface area contributed by atoms with Crippen molar-refractivity contribution >= 4 is 46.4 Å². The average molecular weight is 1040 g/mol. The van der Waals surface area contributed by atoms with Gasteiger partial charge in [0.1, 0.15) is 17.0 Å². The number of piperidine rings is 2. The fraction of sp³-hybridized carbons (Fsp3) is 0.623. The third-order valence-corrected chi connectivity index (χ3v) is 14.3. The molecule has 2 amide bonds. The minimum Gasteiger partial charge on any atom is -0.444 e. The van der Waals surface area contributed by atoms with E-state index >= 15 is 0 Å². The van der Waals surface area contributed by atoms with Gasteiger partial charge in [0, 0.05) is 70.8 Å². The van der Waals surface area contributed by atoms with Crippen molar-refractivity contribution in [3.05, 3.63) is 87.8 Å². The largest absolute Gasteiger partial charge is 0.444 e. The summed E-state index contributed by atoms with van der Waals surface area (Å²) in [4.78, 5) is 107. The van der Waals surface area contributed by atoms with Crippen molar-refractivity contribution in [2.75, 3.05) is 36.0 Å². The fourth-order valence-corrected chi connectivity index (χ4v) is 10.7. The van der Waals surface area contributed by atoms with Crippen molar-refractivity contribution in [3.8, 4) is 0 Å². The van der Waals surface area contributed by atoms with Crippen molar-refractivity contribution in [2.24, 2.45) is 25.9 Å². The van der Waals surface area contributed by atoms with Gasteiger partial charge in [-0.15, -0.1) is 0 Å². The summed E-state index contributed by atoms with van der Waals surface area (Å²) in [7, 11) is 3.21. The lowest BCUT2D eigenvalue weighted by atomic mass is 9.76. The molecule has 1 aliphatic carbocycles. The Balaban J connectivity index is 1.04. The molecule has 7 heterocycles. The summed E-state index contributed by atoms with van der Waals surface area (Å²) in [6.07, 6.45) is 8.30. The van der Waals surface area contributed by atoms with Gasteiger partial charge >= 0.3 is 23.6 Å². The van der Waals surface area contributed by atoms with E-state index in [1.807, 2.05) is 97.4 Å². The summed E-state index contributed by atoms with van der Waals surface area (Å²) >= 11 is 0. The Morgan fingerprint density at radius 2 is 1.33 bits per heavy atom. The van der Waals surface area contributed by atoms with Crippen LogP contribution in [-0.2, 0) is 56.0 Å². The van der Waals surface area contributed by atoms with Crippen molar-refractivity contribution < 1.29 is 19.1 Å². The van der Waals surface area contributed by atoms with E-state index in [1.54, 1.807) is 14.1 Å². The molecule has 5 aromatic rings. The van der Waals surface area contributed by atoms with E-state index in [1.165, 1.54) is 13.7 Å². The second kappa shape index (κ2) is 21.3. The number of fused-ring (bicyclic) bond motifs is 3. The van der Waals surface area contributed by atoms with E-state index in [2.05, 4.69) is 25.4 Å². The lowest BCUT2D eigenvalue weighted by Crippen LogP contribution is -2.54. The maximum absolute atomic E-state index is 14.7. The number of ether oxygens (including phenoxy) is 2. The Bertz CT molecular complexity index is 3310. The molecular weight excluding hydrogens is 961 g/mol. The van der Waals surface area contributed by atoms with Crippen molar-refractivity contribution in [3.63, 3.8) is 0 Å². The number of aromatic nitrogens is 10. The van der Waals surface area contributed by atoms with Gasteiger partial charge in [0.05, 0.1) is 12.6 Å². The van der Waals surface area contributed by atoms with Gasteiger partial charge in [0.25, 0.3) is 11.1 Å². The molecule has 5 aromatic heterocycles. The third-order valence-electron chi connectivity index (χ3n) is 14.3. The maximum atomic E-state index is 14.7. The van der Waals surface area contributed by atoms with Crippen LogP contribution in [0.5, 0.6) is 0 Å². The van der Waals surface area contributed by atoms with E-state index < -0.39 is 45.9 Å². The number of imidazole rings is 2. The number of amides is 2. The number of nitrogens with one attached hydrogen (secondary N) is 3. The highest BCUT2D eigenvalue weighted by atomic mass is 16.6. The molecule has 22 nitrogen and oxygen atoms in total. The van der Waals surface area contributed by atoms with Gasteiger partial charge in [-0.05, 0) is 139 Å². The second-order valence-electron chi connectivity index (χ2n) is 23.2. The highest BCUT2D eigenvalue weighted by molar-refractivity contribution is 5.76. The Morgan fingerprint density at radius 3 is 1.96 bits per heavy atom. The SMILES string of the molecule is CC(C)=CCn1c(N2CCC(CC3CCc4nc(Cn5c(=O)c6c(nc(N7CCCC(NC(=O)OC(C)(C)C)C7)n6CC=C(C)C)n(C)c5=O)nc(C)c4C3)C(NC(=O)OC(C)(C)C)C2)nc2c1c(=O)[nH]c(=O)n2C. The Morgan fingerprint density at radius 1 is 0.733 bits per heavy atom. The van der Waals surface area contributed by atoms with Crippen LogP contribution in [0.4, 0.5) is 21.5 Å². The number of aromatic amines is 1. The molecule has 0 bridgehead atoms. The first-order valence-electron chi connectivity index (χ1n) is 26.3. The van der Waals surface area contributed by atoms with Crippen LogP contribution >= 0.6 is 0 Å². The molecule has 0 aromatic carbocycles. The molecule has 2 fully saturated rings. The second-order valence-corrected chi connectivity index (χ2v) is 23.2. The number of hydrogen-bond acceptors (Lipinski definition) is 14. The number of anilines is 2. The van der Waals surface area contributed by atoms with Crippen LogP contribution in [0.3, 0.4) is 0 Å². The van der Waals surface area contributed by atoms with Gasteiger partial charge in [0.2, 0.25) is 11.9 Å². The average Bonchev–Trinajstić information content (AvgIpc) is 3.90. The number of carbonyl (C=O) groups is 2. The molecule has 22 heteroatoms. The lowest BCUT2D eigenvalue weighted by molar-refractivity contribution is 0.0468. The molecule has 0 spiro atoms. The van der Waals surface area contributed by atoms with Crippen LogP contribution in [0.2, 0.25) is 0 Å². The van der Waals surface area contributed by atoms with Crippen LogP contribution in [0, 0.1) is 18.8 Å². The topological polar surface area (TPSA) is 243 Å². The standard InChI is InChI=1S/C53H76N14O8/c1-30(2)18-23-65-40-42(61(12)48(70)60-44(40)68)58-47(65)64-22-20-34(38(28-64)57-50(72)75-53(9,10)11)25-33-16-17-37-36(26-33)32(5)54-39(56-37)29-67-45(69)41-43(62(13)51(67)73)59-46(66(41)24-19-31(3)4)63-21-14-15-35(27-63)55-49(71)74-52(6,7)8/h18-19,33-35,38H,14-17,20-29H2,1-13H3,(H,55,71)(H,57,72)(H,60,68,70). The molecule has 406 valence electrons. The van der Waals surface area contributed by atoms with Gasteiger partial charge in [0.15, 0.2) is 22.3 Å². The van der Waals surface area contributed by atoms with E-state index in [0.717, 1.165) is 60.2 Å². The smallest absolute Gasteiger partial charge is 0.407 e. The first kappa shape index (κ1) is 54.3. The van der Waals surface area contributed by atoms with Gasteiger partial charge in [-0.1, -0.05) is 23.3 Å². The van der Waals surface area contributed by atoms with Crippen LogP contribution in [-0.4, -0.2) is 109 Å². The number of hydrogen-bond donors (Lipinski definition) is 3. The number of allylic oxidation sites excluding steroid dienone is 4. The van der Waals surface area contributed by atoms with E-state index in [-0.39, 0.29) is 41.8 Å². The molecule has 0 radical (unpaired) electrons. The minimum atomic E-state index is -0.714. The van der Waals surface area contributed by atoms with E-state index in [9.17, 15) is 28.8 Å². The number of aryl methyl sites for hydroxylation is 4. The molecule has 3 N–H and O–H groups in total. The maximum Gasteiger partial charge on any atom is 0.407 e. The zero-order valence-corrected chi connectivity index (χ0v) is 46.0. The molecule has 75 heavy (non-hydrogen) atoms. The summed E-state index contributed by atoms with van der Waals surface area (Å²) in [6, 6.07) is -0.544. The first-order chi connectivity index (χ1) is 35.2. The van der Waals surface area contributed by atoms with Crippen LogP contribution < -0.4 is 42.9 Å². The highest BCUT2D eigenvalue weighted by Crippen LogP contribution is 2.35. The summed E-state index contributed by atoms with van der Waals surface area (Å²) < 4.78 is 19.0. The van der Waals surface area contributed by atoms with Crippen LogP contribution in [0.1, 0.15) is 124 Å². The molecule has 0 saturated carbocycles. The Labute approximate surface area is 436 Å². The number of rotatable bonds is 12. The molecule has 4 atom stereocenters. The molecule has 3 aliphatic rings. The third kappa shape index (κ3) is 12.1. The molecule has 2 saturated heterocycles. The monoisotopic (exact) mass is 1040 g/mol. The van der Waals surface area contributed by atoms with E-state index in [4.69, 9.17) is 29.4 Å². The molecule has 2 aliphatic heterocycles. The Hall–Kier alpha value is -7.00. The van der Waals surface area contributed by atoms with Crippen molar-refractivity contribution in [2.45, 2.75) is 164 Å². The van der Waals surface area contributed by atoms with Crippen molar-refractivity contribution in [1.29, 1.82) is 0 Å². The quantitative estimate of drug-likeness (QED) is 0.138. The molecular formula is C53H76N14O8. The number of carbonyl (C=O) groups excluding carboxylic acids is 2. The van der Waals surface area contributed by atoms with Gasteiger partial charge in [-0.2, -0.15) is 9.97 Å². The first-order valence-corrected chi connectivity index (χ1v) is 26.3. The summed E-state index contributed by atoms with van der Waals surface area (Å²) in [6.45, 7) is 23.5. The zero-order valence-electron chi connectivity index (χ0n) is 46.0. The minimum absolute atomic E-state index is 0.0677. The summed E-state index contributed by atoms with van der Waals surface area (Å²) in [5.74, 6) is 1.77. The number of nitrogens with zero attached hydrogens (tertiary/aromatic N) is 11. The predicted octanol–water partition coefficient (Wildman–Crippen LogP) is 5.12. The lowest BCUT2D eigenvalue weighted by Gasteiger charge is -2.41. The van der Waals surface area contributed by atoms with Gasteiger partial charge < -0.3 is 39.0 Å². The van der Waals surface area contributed by atoms with E-state index in [0.29, 0.717) is 80.9 Å². The predicted molar refractivity (Wildman–Crippen MR) is 288 cm³/mol. The van der Waals surface area contributed by atoms with Gasteiger partial charge in [-0.3, -0.25) is 28.3 Å². The fourth-order valence-electron chi connectivity index (χ4n) is 10.7. The normalized spacial score (nSPS) is 19.2. The molecule has 4 unspecified atom stereocenters.